The van der Waals surface area contributed by atoms with Crippen LogP contribution in [0.5, 0.6) is 0 Å². The molecule has 2 atom stereocenters. The fraction of sp³-hybridized carbons (Fsp3) is 0.800. The van der Waals surface area contributed by atoms with Crippen LogP contribution in [0.3, 0.4) is 0 Å². The van der Waals surface area contributed by atoms with Crippen LogP contribution >= 0.6 is 0 Å². The molecular formula is C15H26N4O2S. The average Bonchev–Trinajstić information content (AvgIpc) is 3.14. The third kappa shape index (κ3) is 3.07. The molecule has 2 unspecified atom stereocenters. The van der Waals surface area contributed by atoms with Gasteiger partial charge in [0.2, 0.25) is 0 Å². The van der Waals surface area contributed by atoms with E-state index in [1.807, 2.05) is 13.2 Å². The second-order valence-corrected chi connectivity index (χ2v) is 9.00. The minimum atomic E-state index is -3.39. The molecule has 0 amide bonds. The maximum Gasteiger partial charge on any atom is 0.282 e. The zero-order valence-corrected chi connectivity index (χ0v) is 14.5. The molecule has 2 fully saturated rings. The maximum atomic E-state index is 13.1. The van der Waals surface area contributed by atoms with Crippen molar-refractivity contribution in [2.45, 2.75) is 45.7 Å². The molecule has 2 aliphatic rings. The number of nitrogens with zero attached hydrogens (tertiary/aromatic N) is 4. The Bertz CT molecular complexity index is 625. The second-order valence-electron chi connectivity index (χ2n) is 7.12. The highest BCUT2D eigenvalue weighted by atomic mass is 32.2. The minimum Gasteiger partial charge on any atom is -0.275 e. The van der Waals surface area contributed by atoms with Crippen molar-refractivity contribution in [1.82, 2.24) is 18.4 Å². The van der Waals surface area contributed by atoms with Crippen molar-refractivity contribution < 1.29 is 8.42 Å². The third-order valence-electron chi connectivity index (χ3n) is 4.67. The van der Waals surface area contributed by atoms with Gasteiger partial charge in [-0.25, -0.2) is 0 Å². The molecule has 1 aromatic heterocycles. The van der Waals surface area contributed by atoms with Crippen LogP contribution in [-0.2, 0) is 23.8 Å². The normalized spacial score (nSPS) is 25.7. The first-order valence-corrected chi connectivity index (χ1v) is 9.50. The van der Waals surface area contributed by atoms with Gasteiger partial charge in [0.05, 0.1) is 6.20 Å². The summed E-state index contributed by atoms with van der Waals surface area (Å²) in [5.74, 6) is 0.866. The van der Waals surface area contributed by atoms with Crippen molar-refractivity contribution in [2.75, 3.05) is 13.1 Å². The lowest BCUT2D eigenvalue weighted by Gasteiger charge is -2.33. The summed E-state index contributed by atoms with van der Waals surface area (Å²) in [4.78, 5) is 0. The molecule has 0 radical (unpaired) electrons. The van der Waals surface area contributed by atoms with Gasteiger partial charge >= 0.3 is 0 Å². The van der Waals surface area contributed by atoms with Gasteiger partial charge < -0.3 is 0 Å². The lowest BCUT2D eigenvalue weighted by atomic mass is 10.1. The predicted octanol–water partition coefficient (Wildman–Crippen LogP) is 1.61. The molecule has 1 aliphatic carbocycles. The monoisotopic (exact) mass is 326 g/mol. The van der Waals surface area contributed by atoms with Crippen molar-refractivity contribution in [2.24, 2.45) is 18.9 Å². The lowest BCUT2D eigenvalue weighted by molar-refractivity contribution is 0.278. The Balaban J connectivity index is 1.81. The molecule has 124 valence electrons. The predicted molar refractivity (Wildman–Crippen MR) is 85.2 cm³/mol. The van der Waals surface area contributed by atoms with Gasteiger partial charge in [-0.3, -0.25) is 4.68 Å². The Hall–Kier alpha value is -0.920. The summed E-state index contributed by atoms with van der Waals surface area (Å²) in [5.41, 5.74) is 0.941. The first kappa shape index (κ1) is 16.0. The molecule has 7 heteroatoms. The van der Waals surface area contributed by atoms with Gasteiger partial charge in [0.15, 0.2) is 0 Å². The summed E-state index contributed by atoms with van der Waals surface area (Å²) in [7, 11) is -1.53. The first-order chi connectivity index (χ1) is 10.4. The van der Waals surface area contributed by atoms with Crippen molar-refractivity contribution in [1.29, 1.82) is 0 Å². The van der Waals surface area contributed by atoms with Gasteiger partial charge in [-0.15, -0.1) is 0 Å². The average molecular weight is 326 g/mol. The number of rotatable bonds is 6. The van der Waals surface area contributed by atoms with Crippen molar-refractivity contribution in [3.8, 4) is 0 Å². The molecule has 0 N–H and O–H groups in total. The highest BCUT2D eigenvalue weighted by Crippen LogP contribution is 2.39. The van der Waals surface area contributed by atoms with Gasteiger partial charge in [0, 0.05) is 44.5 Å². The largest absolute Gasteiger partial charge is 0.282 e. The highest BCUT2D eigenvalue weighted by molar-refractivity contribution is 7.86. The summed E-state index contributed by atoms with van der Waals surface area (Å²) in [6.45, 7) is 5.77. The number of piperidine rings is 1. The van der Waals surface area contributed by atoms with Crippen molar-refractivity contribution in [3.63, 3.8) is 0 Å². The smallest absolute Gasteiger partial charge is 0.275 e. The van der Waals surface area contributed by atoms with Crippen LogP contribution in [0.15, 0.2) is 12.4 Å². The summed E-state index contributed by atoms with van der Waals surface area (Å²) < 4.78 is 31.3. The van der Waals surface area contributed by atoms with E-state index in [1.165, 1.54) is 6.42 Å². The van der Waals surface area contributed by atoms with Crippen LogP contribution < -0.4 is 0 Å². The van der Waals surface area contributed by atoms with Crippen LogP contribution in [0, 0.1) is 11.8 Å². The molecule has 2 heterocycles. The van der Waals surface area contributed by atoms with E-state index < -0.39 is 10.2 Å². The number of aromatic nitrogens is 2. The van der Waals surface area contributed by atoms with Crippen LogP contribution in [0.1, 0.15) is 38.7 Å². The first-order valence-electron chi connectivity index (χ1n) is 8.10. The van der Waals surface area contributed by atoms with E-state index in [-0.39, 0.29) is 6.04 Å². The third-order valence-corrected chi connectivity index (χ3v) is 6.64. The Morgan fingerprint density at radius 1 is 1.41 bits per heavy atom. The molecule has 1 saturated heterocycles. The van der Waals surface area contributed by atoms with E-state index in [4.69, 9.17) is 0 Å². The zero-order valence-electron chi connectivity index (χ0n) is 13.6. The van der Waals surface area contributed by atoms with Gasteiger partial charge in [-0.2, -0.15) is 22.1 Å². The van der Waals surface area contributed by atoms with Crippen molar-refractivity contribution >= 4 is 10.2 Å². The number of hydrogen-bond acceptors (Lipinski definition) is 3. The Labute approximate surface area is 133 Å². The maximum absolute atomic E-state index is 13.1. The quantitative estimate of drug-likeness (QED) is 0.798. The zero-order chi connectivity index (χ0) is 15.9. The molecular weight excluding hydrogens is 300 g/mol. The van der Waals surface area contributed by atoms with Gasteiger partial charge in [0.1, 0.15) is 0 Å². The lowest BCUT2D eigenvalue weighted by Crippen LogP contribution is -2.47. The second kappa shape index (κ2) is 5.94. The van der Waals surface area contributed by atoms with Crippen LogP contribution in [0.25, 0.3) is 0 Å². The van der Waals surface area contributed by atoms with Gasteiger partial charge in [0.25, 0.3) is 10.2 Å². The molecule has 3 rings (SSSR count). The SMILES string of the molecule is CC(C)CN(Cc1cnn(C)c1)S(=O)(=O)N1CC2CCC1C2. The number of fused-ring (bicyclic) bond motifs is 2. The molecule has 1 aliphatic heterocycles. The van der Waals surface area contributed by atoms with E-state index in [2.05, 4.69) is 18.9 Å². The number of hydrogen-bond donors (Lipinski definition) is 0. The van der Waals surface area contributed by atoms with Crippen LogP contribution in [0.4, 0.5) is 0 Å². The summed E-state index contributed by atoms with van der Waals surface area (Å²) in [5, 5.41) is 4.15. The molecule has 6 nitrogen and oxygen atoms in total. The summed E-state index contributed by atoms with van der Waals surface area (Å²) >= 11 is 0. The van der Waals surface area contributed by atoms with E-state index in [9.17, 15) is 8.42 Å². The van der Waals surface area contributed by atoms with E-state index in [1.54, 1.807) is 19.5 Å². The fourth-order valence-electron chi connectivity index (χ4n) is 3.72. The Morgan fingerprint density at radius 2 is 2.18 bits per heavy atom. The summed E-state index contributed by atoms with van der Waals surface area (Å²) in [6.07, 6.45) is 6.88. The Kier molecular flexibility index (Phi) is 4.31. The van der Waals surface area contributed by atoms with Gasteiger partial charge in [-0.05, 0) is 31.1 Å². The fourth-order valence-corrected chi connectivity index (χ4v) is 5.78. The van der Waals surface area contributed by atoms with E-state index >= 15 is 0 Å². The molecule has 1 aromatic rings. The standard InChI is InChI=1S/C15H26N4O2S/c1-12(2)8-18(10-14-7-16-17(3)9-14)22(20,21)19-11-13-4-5-15(19)6-13/h7,9,12-13,15H,4-6,8,10-11H2,1-3H3. The molecule has 0 aromatic carbocycles. The molecule has 1 saturated carbocycles. The van der Waals surface area contributed by atoms with E-state index in [0.717, 1.165) is 18.4 Å². The molecule has 2 bridgehead atoms. The molecule has 0 spiro atoms. The minimum absolute atomic E-state index is 0.221. The van der Waals surface area contributed by atoms with Crippen molar-refractivity contribution in [3.05, 3.63) is 18.0 Å². The molecule has 22 heavy (non-hydrogen) atoms. The van der Waals surface area contributed by atoms with Crippen LogP contribution in [-0.4, -0.2) is 45.9 Å². The highest BCUT2D eigenvalue weighted by Gasteiger charge is 2.45. The Morgan fingerprint density at radius 3 is 2.68 bits per heavy atom. The summed E-state index contributed by atoms with van der Waals surface area (Å²) in [6, 6.07) is 0.221. The number of aryl methyl sites for hydroxylation is 1. The van der Waals surface area contributed by atoms with E-state index in [0.29, 0.717) is 31.5 Å². The topological polar surface area (TPSA) is 58.4 Å². The van der Waals surface area contributed by atoms with Crippen LogP contribution in [0.2, 0.25) is 0 Å². The van der Waals surface area contributed by atoms with Gasteiger partial charge in [-0.1, -0.05) is 13.8 Å².